The van der Waals surface area contributed by atoms with Crippen molar-refractivity contribution in [2.45, 2.75) is 12.8 Å². The van der Waals surface area contributed by atoms with Crippen molar-refractivity contribution in [2.75, 3.05) is 14.2 Å². The summed E-state index contributed by atoms with van der Waals surface area (Å²) in [7, 11) is 3.20. The van der Waals surface area contributed by atoms with Crippen LogP contribution in [0.3, 0.4) is 0 Å². The van der Waals surface area contributed by atoms with Crippen molar-refractivity contribution in [3.63, 3.8) is 0 Å². The number of carbonyl (C=O) groups is 1. The van der Waals surface area contributed by atoms with Gasteiger partial charge in [-0.15, -0.1) is 0 Å². The largest absolute Gasteiger partial charge is 0.493 e. The standard InChI is InChI=1S/C22H22N2O3/c1-15-7-5-4-6-8-20(25)17(11-15)12-18-14-19(24-23-18)16-9-10-21(26-2)22(13-16)27-3/h4-7,9-10,12-14H,1,8,11H2,2-3H3,(H,23,24)/b6-4-,7-5-,17-12+. The average Bonchev–Trinajstić information content (AvgIpc) is 3.16. The summed E-state index contributed by atoms with van der Waals surface area (Å²) >= 11 is 0. The first-order valence-electron chi connectivity index (χ1n) is 8.63. The Morgan fingerprint density at radius 2 is 1.96 bits per heavy atom. The molecule has 27 heavy (non-hydrogen) atoms. The molecule has 0 saturated carbocycles. The van der Waals surface area contributed by atoms with Gasteiger partial charge in [0.2, 0.25) is 0 Å². The van der Waals surface area contributed by atoms with Gasteiger partial charge in [-0.05, 0) is 30.3 Å². The van der Waals surface area contributed by atoms with E-state index in [9.17, 15) is 4.79 Å². The minimum atomic E-state index is 0.0818. The molecule has 2 aromatic rings. The number of rotatable bonds is 4. The third kappa shape index (κ3) is 4.44. The number of nitrogens with zero attached hydrogens (tertiary/aromatic N) is 1. The summed E-state index contributed by atoms with van der Waals surface area (Å²) < 4.78 is 10.6. The fourth-order valence-electron chi connectivity index (χ4n) is 2.85. The normalized spacial score (nSPS) is 18.5. The van der Waals surface area contributed by atoms with Gasteiger partial charge in [-0.1, -0.05) is 36.5 Å². The van der Waals surface area contributed by atoms with Crippen LogP contribution in [-0.2, 0) is 4.79 Å². The molecule has 0 amide bonds. The van der Waals surface area contributed by atoms with Crippen molar-refractivity contribution in [3.8, 4) is 22.8 Å². The number of allylic oxidation sites excluding steroid dienone is 6. The van der Waals surface area contributed by atoms with Gasteiger partial charge in [0.05, 0.1) is 25.6 Å². The quantitative estimate of drug-likeness (QED) is 0.813. The Balaban J connectivity index is 1.89. The van der Waals surface area contributed by atoms with Crippen molar-refractivity contribution >= 4 is 11.9 Å². The fraction of sp³-hybridized carbons (Fsp3) is 0.182. The zero-order valence-corrected chi connectivity index (χ0v) is 15.5. The lowest BCUT2D eigenvalue weighted by Gasteiger charge is -2.08. The van der Waals surface area contributed by atoms with Crippen molar-refractivity contribution in [2.24, 2.45) is 0 Å². The summed E-state index contributed by atoms with van der Waals surface area (Å²) in [5, 5.41) is 7.35. The first kappa shape index (κ1) is 18.5. The number of methoxy groups -OCH3 is 2. The molecular formula is C22H22N2O3. The lowest BCUT2D eigenvalue weighted by atomic mass is 10.00. The van der Waals surface area contributed by atoms with Crippen LogP contribution in [0.15, 0.2) is 66.3 Å². The van der Waals surface area contributed by atoms with Crippen LogP contribution < -0.4 is 9.47 Å². The number of benzene rings is 1. The van der Waals surface area contributed by atoms with E-state index < -0.39 is 0 Å². The molecule has 0 aliphatic heterocycles. The van der Waals surface area contributed by atoms with Gasteiger partial charge in [0, 0.05) is 24.0 Å². The first-order chi connectivity index (χ1) is 13.1. The van der Waals surface area contributed by atoms with Gasteiger partial charge in [0.25, 0.3) is 0 Å². The predicted molar refractivity (Wildman–Crippen MR) is 107 cm³/mol. The molecule has 1 N–H and O–H groups in total. The molecule has 0 atom stereocenters. The molecule has 1 aromatic heterocycles. The van der Waals surface area contributed by atoms with Crippen molar-refractivity contribution < 1.29 is 14.3 Å². The molecule has 5 nitrogen and oxygen atoms in total. The van der Waals surface area contributed by atoms with E-state index >= 15 is 0 Å². The van der Waals surface area contributed by atoms with E-state index in [2.05, 4.69) is 16.8 Å². The fourth-order valence-corrected chi connectivity index (χ4v) is 2.85. The molecule has 1 aromatic carbocycles. The number of aromatic nitrogens is 2. The number of H-pyrrole nitrogens is 1. The van der Waals surface area contributed by atoms with Gasteiger partial charge in [-0.2, -0.15) is 5.10 Å². The Kier molecular flexibility index (Phi) is 5.71. The molecular weight excluding hydrogens is 340 g/mol. The van der Waals surface area contributed by atoms with Crippen LogP contribution in [0.2, 0.25) is 0 Å². The number of aromatic amines is 1. The lowest BCUT2D eigenvalue weighted by Crippen LogP contribution is -2.01. The molecule has 1 aliphatic carbocycles. The summed E-state index contributed by atoms with van der Waals surface area (Å²) in [5.74, 6) is 1.38. The topological polar surface area (TPSA) is 64.2 Å². The third-order valence-electron chi connectivity index (χ3n) is 4.26. The highest BCUT2D eigenvalue weighted by molar-refractivity contribution is 6.00. The molecule has 138 valence electrons. The molecule has 0 spiro atoms. The third-order valence-corrected chi connectivity index (χ3v) is 4.26. The van der Waals surface area contributed by atoms with Crippen LogP contribution in [0.5, 0.6) is 11.5 Å². The van der Waals surface area contributed by atoms with E-state index in [0.717, 1.165) is 22.5 Å². The number of ether oxygens (including phenoxy) is 2. The van der Waals surface area contributed by atoms with E-state index in [1.165, 1.54) is 0 Å². The molecule has 0 fully saturated rings. The SMILES string of the molecule is C=C1/C=C\C=C/CC(=O)/C(=C/c2cc(-c3ccc(OC)c(OC)c3)n[nH]2)C1. The molecule has 1 aliphatic rings. The zero-order valence-electron chi connectivity index (χ0n) is 15.5. The number of Topliss-reactive ketones (excluding diaryl/α,β-unsaturated/α-hetero) is 1. The second-order valence-corrected chi connectivity index (χ2v) is 6.20. The highest BCUT2D eigenvalue weighted by Gasteiger charge is 2.12. The minimum Gasteiger partial charge on any atom is -0.493 e. The number of nitrogens with one attached hydrogen (secondary N) is 1. The highest BCUT2D eigenvalue weighted by Crippen LogP contribution is 2.32. The summed E-state index contributed by atoms with van der Waals surface area (Å²) in [5.41, 5.74) is 4.02. The molecule has 3 rings (SSSR count). The van der Waals surface area contributed by atoms with Crippen molar-refractivity contribution in [1.29, 1.82) is 0 Å². The second-order valence-electron chi connectivity index (χ2n) is 6.20. The smallest absolute Gasteiger partial charge is 0.163 e. The predicted octanol–water partition coefficient (Wildman–Crippen LogP) is 4.51. The monoisotopic (exact) mass is 362 g/mol. The van der Waals surface area contributed by atoms with Crippen LogP contribution >= 0.6 is 0 Å². The zero-order chi connectivity index (χ0) is 19.2. The van der Waals surface area contributed by atoms with Gasteiger partial charge in [0.1, 0.15) is 0 Å². The Morgan fingerprint density at radius 3 is 2.74 bits per heavy atom. The maximum atomic E-state index is 12.4. The Labute approximate surface area is 158 Å². The first-order valence-corrected chi connectivity index (χ1v) is 8.63. The average molecular weight is 362 g/mol. The summed E-state index contributed by atoms with van der Waals surface area (Å²) in [6.07, 6.45) is 10.3. The maximum absolute atomic E-state index is 12.4. The van der Waals surface area contributed by atoms with E-state index in [1.54, 1.807) is 14.2 Å². The Hall–Kier alpha value is -3.34. The number of carbonyl (C=O) groups excluding carboxylic acids is 1. The van der Waals surface area contributed by atoms with Gasteiger partial charge in [-0.3, -0.25) is 9.89 Å². The van der Waals surface area contributed by atoms with E-state index in [0.29, 0.717) is 29.9 Å². The van der Waals surface area contributed by atoms with Crippen molar-refractivity contribution in [3.05, 3.63) is 72.0 Å². The highest BCUT2D eigenvalue weighted by atomic mass is 16.5. The molecule has 0 bridgehead atoms. The van der Waals surface area contributed by atoms with Crippen LogP contribution in [0.1, 0.15) is 18.5 Å². The molecule has 0 radical (unpaired) electrons. The Bertz CT molecular complexity index is 948. The van der Waals surface area contributed by atoms with E-state index in [1.807, 2.05) is 54.6 Å². The van der Waals surface area contributed by atoms with Crippen LogP contribution in [-0.4, -0.2) is 30.2 Å². The van der Waals surface area contributed by atoms with Gasteiger partial charge >= 0.3 is 0 Å². The molecule has 0 saturated heterocycles. The second kappa shape index (κ2) is 8.36. The molecule has 1 heterocycles. The van der Waals surface area contributed by atoms with Crippen LogP contribution in [0, 0.1) is 0 Å². The maximum Gasteiger partial charge on any atom is 0.163 e. The lowest BCUT2D eigenvalue weighted by molar-refractivity contribution is -0.114. The van der Waals surface area contributed by atoms with Gasteiger partial charge in [0.15, 0.2) is 17.3 Å². The van der Waals surface area contributed by atoms with Crippen molar-refractivity contribution in [1.82, 2.24) is 10.2 Å². The Morgan fingerprint density at radius 1 is 1.15 bits per heavy atom. The van der Waals surface area contributed by atoms with Gasteiger partial charge < -0.3 is 9.47 Å². The van der Waals surface area contributed by atoms with E-state index in [-0.39, 0.29) is 5.78 Å². The number of hydrogen-bond acceptors (Lipinski definition) is 4. The molecule has 0 unspecified atom stereocenters. The van der Waals surface area contributed by atoms with E-state index in [4.69, 9.17) is 9.47 Å². The number of ketones is 1. The molecule has 5 heteroatoms. The summed E-state index contributed by atoms with van der Waals surface area (Å²) in [6.45, 7) is 4.01. The number of hydrogen-bond donors (Lipinski definition) is 1. The summed E-state index contributed by atoms with van der Waals surface area (Å²) in [6, 6.07) is 7.53. The minimum absolute atomic E-state index is 0.0818. The van der Waals surface area contributed by atoms with Gasteiger partial charge in [-0.25, -0.2) is 0 Å². The van der Waals surface area contributed by atoms with Crippen LogP contribution in [0.4, 0.5) is 0 Å². The van der Waals surface area contributed by atoms with Crippen LogP contribution in [0.25, 0.3) is 17.3 Å². The summed E-state index contributed by atoms with van der Waals surface area (Å²) in [4.78, 5) is 12.4.